The van der Waals surface area contributed by atoms with Gasteiger partial charge in [-0.1, -0.05) is 19.8 Å². The van der Waals surface area contributed by atoms with Gasteiger partial charge in [0, 0.05) is 12.5 Å². The second-order valence-electron chi connectivity index (χ2n) is 6.10. The summed E-state index contributed by atoms with van der Waals surface area (Å²) in [6.07, 6.45) is 4.12. The van der Waals surface area contributed by atoms with Gasteiger partial charge in [-0.05, 0) is 25.8 Å². The fraction of sp³-hybridized carbons (Fsp3) is 0.625. The van der Waals surface area contributed by atoms with Crippen molar-refractivity contribution < 1.29 is 18.7 Å². The number of methoxy groups -OCH3 is 1. The van der Waals surface area contributed by atoms with Gasteiger partial charge >= 0.3 is 5.97 Å². The van der Waals surface area contributed by atoms with Gasteiger partial charge in [0.15, 0.2) is 0 Å². The van der Waals surface area contributed by atoms with E-state index < -0.39 is 5.97 Å². The summed E-state index contributed by atoms with van der Waals surface area (Å²) in [4.78, 5) is 25.8. The molecule has 1 aromatic heterocycles. The zero-order valence-electron chi connectivity index (χ0n) is 13.2. The van der Waals surface area contributed by atoms with Crippen LogP contribution in [0, 0.1) is 12.3 Å². The number of aryl methyl sites for hydroxylation is 1. The van der Waals surface area contributed by atoms with Crippen LogP contribution in [0.5, 0.6) is 0 Å². The molecule has 0 aromatic carbocycles. The van der Waals surface area contributed by atoms with Gasteiger partial charge in [0.25, 0.3) is 0 Å². The molecule has 0 aliphatic heterocycles. The molecule has 1 aliphatic carbocycles. The topological polar surface area (TPSA) is 59.8 Å². The minimum absolute atomic E-state index is 0.147. The Kier molecular flexibility index (Phi) is 4.40. The van der Waals surface area contributed by atoms with Crippen molar-refractivity contribution in [2.45, 2.75) is 46.1 Å². The lowest BCUT2D eigenvalue weighted by Crippen LogP contribution is -2.38. The maximum absolute atomic E-state index is 12.5. The van der Waals surface area contributed by atoms with Crippen LogP contribution in [0.25, 0.3) is 0 Å². The van der Waals surface area contributed by atoms with Crippen LogP contribution in [0.3, 0.4) is 0 Å². The van der Waals surface area contributed by atoms with Gasteiger partial charge in [-0.25, -0.2) is 4.79 Å². The normalized spacial score (nSPS) is 16.8. The van der Waals surface area contributed by atoms with E-state index in [1.54, 1.807) is 24.9 Å². The van der Waals surface area contributed by atoms with Gasteiger partial charge < -0.3 is 14.1 Å². The molecule has 5 heteroatoms. The number of nitrogens with zero attached hydrogens (tertiary/aromatic N) is 1. The number of ether oxygens (including phenoxy) is 1. The lowest BCUT2D eigenvalue weighted by atomic mass is 9.87. The molecule has 0 bridgehead atoms. The summed E-state index contributed by atoms with van der Waals surface area (Å²) in [5, 5.41) is 0. The third kappa shape index (κ3) is 3.12. The van der Waals surface area contributed by atoms with Crippen molar-refractivity contribution in [2.75, 3.05) is 14.2 Å². The highest BCUT2D eigenvalue weighted by molar-refractivity contribution is 5.90. The van der Waals surface area contributed by atoms with Crippen molar-refractivity contribution in [3.63, 3.8) is 0 Å². The Balaban J connectivity index is 2.07. The van der Waals surface area contributed by atoms with Crippen molar-refractivity contribution in [3.8, 4) is 0 Å². The number of amides is 1. The first kappa shape index (κ1) is 15.6. The van der Waals surface area contributed by atoms with Crippen LogP contribution in [-0.2, 0) is 16.1 Å². The Labute approximate surface area is 125 Å². The Morgan fingerprint density at radius 2 is 2.00 bits per heavy atom. The predicted octanol–water partition coefficient (Wildman–Crippen LogP) is 2.91. The molecule has 1 aliphatic rings. The van der Waals surface area contributed by atoms with Gasteiger partial charge in [-0.3, -0.25) is 4.79 Å². The largest absolute Gasteiger partial charge is 0.465 e. The minimum atomic E-state index is -0.417. The fourth-order valence-electron chi connectivity index (χ4n) is 3.07. The molecule has 0 unspecified atom stereocenters. The van der Waals surface area contributed by atoms with E-state index in [9.17, 15) is 9.59 Å². The average molecular weight is 293 g/mol. The Hall–Kier alpha value is -1.78. The summed E-state index contributed by atoms with van der Waals surface area (Å²) in [6, 6.07) is 1.65. The molecule has 0 spiro atoms. The number of furan rings is 1. The average Bonchev–Trinajstić information content (AvgIpc) is 3.04. The highest BCUT2D eigenvalue weighted by atomic mass is 16.5. The van der Waals surface area contributed by atoms with E-state index in [2.05, 4.69) is 0 Å². The molecule has 5 nitrogen and oxygen atoms in total. The van der Waals surface area contributed by atoms with Gasteiger partial charge in [0.2, 0.25) is 5.91 Å². The zero-order valence-corrected chi connectivity index (χ0v) is 13.2. The monoisotopic (exact) mass is 293 g/mol. The predicted molar refractivity (Wildman–Crippen MR) is 77.8 cm³/mol. The molecule has 0 saturated heterocycles. The number of carbonyl (C=O) groups excluding carboxylic acids is 2. The summed E-state index contributed by atoms with van der Waals surface area (Å²) in [5.41, 5.74) is 0.169. The van der Waals surface area contributed by atoms with Gasteiger partial charge in [-0.15, -0.1) is 0 Å². The smallest absolute Gasteiger partial charge is 0.341 e. The van der Waals surface area contributed by atoms with E-state index in [0.717, 1.165) is 25.7 Å². The van der Waals surface area contributed by atoms with Crippen molar-refractivity contribution in [3.05, 3.63) is 23.2 Å². The molecule has 116 valence electrons. The standard InChI is InChI=1S/C16H23NO4/c1-11-13(14(18)20-4)9-12(21-11)10-17(3)15(19)16(2)7-5-6-8-16/h9H,5-8,10H2,1-4H3. The van der Waals surface area contributed by atoms with Crippen LogP contribution in [0.4, 0.5) is 0 Å². The summed E-state index contributed by atoms with van der Waals surface area (Å²) in [6.45, 7) is 4.12. The molecular weight excluding hydrogens is 270 g/mol. The molecule has 1 saturated carbocycles. The summed E-state index contributed by atoms with van der Waals surface area (Å²) in [5.74, 6) is 0.850. The first-order chi connectivity index (χ1) is 9.87. The van der Waals surface area contributed by atoms with Gasteiger partial charge in [0.05, 0.1) is 13.7 Å². The number of carbonyl (C=O) groups is 2. The number of hydrogen-bond donors (Lipinski definition) is 0. The number of esters is 1. The number of hydrogen-bond acceptors (Lipinski definition) is 4. The van der Waals surface area contributed by atoms with E-state index in [1.165, 1.54) is 7.11 Å². The first-order valence-corrected chi connectivity index (χ1v) is 7.30. The lowest BCUT2D eigenvalue weighted by Gasteiger charge is -2.28. The molecule has 1 amide bonds. The van der Waals surface area contributed by atoms with Crippen LogP contribution in [0.2, 0.25) is 0 Å². The molecule has 0 radical (unpaired) electrons. The number of rotatable bonds is 4. The van der Waals surface area contributed by atoms with Crippen LogP contribution >= 0.6 is 0 Å². The van der Waals surface area contributed by atoms with Crippen molar-refractivity contribution in [1.82, 2.24) is 4.90 Å². The van der Waals surface area contributed by atoms with Crippen LogP contribution in [0.15, 0.2) is 10.5 Å². The Morgan fingerprint density at radius 1 is 1.38 bits per heavy atom. The second kappa shape index (κ2) is 5.92. The molecule has 21 heavy (non-hydrogen) atoms. The molecule has 0 N–H and O–H groups in total. The Morgan fingerprint density at radius 3 is 2.57 bits per heavy atom. The summed E-state index contributed by atoms with van der Waals surface area (Å²) < 4.78 is 10.3. The highest BCUT2D eigenvalue weighted by Gasteiger charge is 2.38. The maximum Gasteiger partial charge on any atom is 0.341 e. The minimum Gasteiger partial charge on any atom is -0.465 e. The van der Waals surface area contributed by atoms with Crippen LogP contribution in [-0.4, -0.2) is 30.9 Å². The van der Waals surface area contributed by atoms with E-state index >= 15 is 0 Å². The second-order valence-corrected chi connectivity index (χ2v) is 6.10. The van der Waals surface area contributed by atoms with Gasteiger partial charge in [-0.2, -0.15) is 0 Å². The Bertz CT molecular complexity index is 540. The quantitative estimate of drug-likeness (QED) is 0.801. The van der Waals surface area contributed by atoms with Gasteiger partial charge in [0.1, 0.15) is 17.1 Å². The molecule has 1 fully saturated rings. The van der Waals surface area contributed by atoms with E-state index in [-0.39, 0.29) is 11.3 Å². The SMILES string of the molecule is COC(=O)c1cc(CN(C)C(=O)C2(C)CCCC2)oc1C. The highest BCUT2D eigenvalue weighted by Crippen LogP contribution is 2.39. The van der Waals surface area contributed by atoms with E-state index in [0.29, 0.717) is 23.6 Å². The van der Waals surface area contributed by atoms with E-state index in [4.69, 9.17) is 9.15 Å². The third-order valence-corrected chi connectivity index (χ3v) is 4.34. The molecule has 1 aromatic rings. The lowest BCUT2D eigenvalue weighted by molar-refractivity contribution is -0.140. The molecular formula is C16H23NO4. The summed E-state index contributed by atoms with van der Waals surface area (Å²) in [7, 11) is 3.12. The van der Waals surface area contributed by atoms with Crippen molar-refractivity contribution >= 4 is 11.9 Å². The van der Waals surface area contributed by atoms with E-state index in [1.807, 2.05) is 6.92 Å². The third-order valence-electron chi connectivity index (χ3n) is 4.34. The van der Waals surface area contributed by atoms with Crippen LogP contribution in [0.1, 0.15) is 54.5 Å². The van der Waals surface area contributed by atoms with Crippen molar-refractivity contribution in [1.29, 1.82) is 0 Å². The summed E-state index contributed by atoms with van der Waals surface area (Å²) >= 11 is 0. The van der Waals surface area contributed by atoms with Crippen LogP contribution < -0.4 is 0 Å². The van der Waals surface area contributed by atoms with Crippen molar-refractivity contribution in [2.24, 2.45) is 5.41 Å². The molecule has 2 rings (SSSR count). The molecule has 1 heterocycles. The molecule has 0 atom stereocenters. The fourth-order valence-corrected chi connectivity index (χ4v) is 3.07. The zero-order chi connectivity index (χ0) is 15.6. The maximum atomic E-state index is 12.5. The first-order valence-electron chi connectivity index (χ1n) is 7.30.